The summed E-state index contributed by atoms with van der Waals surface area (Å²) < 4.78 is 0. The number of nitrogens with two attached hydrogens (primary N) is 1. The highest BCUT2D eigenvalue weighted by molar-refractivity contribution is 7.13. The Bertz CT molecular complexity index is 330. The molecule has 1 aromatic heterocycles. The maximum Gasteiger partial charge on any atom is 0.324 e. The van der Waals surface area contributed by atoms with Crippen molar-refractivity contribution in [3.8, 4) is 0 Å². The van der Waals surface area contributed by atoms with Crippen LogP contribution in [0.1, 0.15) is 31.9 Å². The van der Waals surface area contributed by atoms with Crippen LogP contribution >= 0.6 is 23.7 Å². The average Bonchev–Trinajstić information content (AvgIpc) is 2.64. The highest BCUT2D eigenvalue weighted by Crippen LogP contribution is 2.29. The third kappa shape index (κ3) is 3.44. The molecule has 1 heterocycles. The second kappa shape index (κ2) is 6.05. The first kappa shape index (κ1) is 14.3. The Balaban J connectivity index is 0.00000196. The molecule has 0 aliphatic rings. The fourth-order valence-corrected chi connectivity index (χ4v) is 1.96. The van der Waals surface area contributed by atoms with E-state index < -0.39 is 0 Å². The molecule has 0 aromatic carbocycles. The van der Waals surface area contributed by atoms with E-state index in [-0.39, 0.29) is 28.4 Å². The molecule has 1 unspecified atom stereocenters. The van der Waals surface area contributed by atoms with Gasteiger partial charge in [-0.05, 0) is 11.5 Å². The van der Waals surface area contributed by atoms with Gasteiger partial charge in [-0.3, -0.25) is 10.1 Å². The number of hydrogen-bond donors (Lipinski definition) is 1. The summed E-state index contributed by atoms with van der Waals surface area (Å²) in [6.45, 7) is 4.11. The van der Waals surface area contributed by atoms with Crippen LogP contribution in [0.25, 0.3) is 0 Å². The molecule has 6 heteroatoms. The van der Waals surface area contributed by atoms with Gasteiger partial charge in [0.05, 0.1) is 4.92 Å². The van der Waals surface area contributed by atoms with E-state index in [4.69, 9.17) is 5.73 Å². The lowest BCUT2D eigenvalue weighted by Crippen LogP contribution is -2.17. The summed E-state index contributed by atoms with van der Waals surface area (Å²) in [7, 11) is 0. The van der Waals surface area contributed by atoms with Crippen LogP contribution in [-0.2, 0) is 0 Å². The number of hydrogen-bond acceptors (Lipinski definition) is 4. The molecule has 15 heavy (non-hydrogen) atoms. The topological polar surface area (TPSA) is 69.2 Å². The summed E-state index contributed by atoms with van der Waals surface area (Å²) in [6, 6.07) is 1.48. The molecule has 86 valence electrons. The van der Waals surface area contributed by atoms with Gasteiger partial charge < -0.3 is 5.73 Å². The van der Waals surface area contributed by atoms with E-state index in [1.54, 1.807) is 11.4 Å². The van der Waals surface area contributed by atoms with Gasteiger partial charge in [-0.15, -0.1) is 12.4 Å². The van der Waals surface area contributed by atoms with Gasteiger partial charge in [0.25, 0.3) is 0 Å². The normalized spacial score (nSPS) is 14.1. The van der Waals surface area contributed by atoms with Crippen LogP contribution in [0, 0.1) is 16.0 Å². The summed E-state index contributed by atoms with van der Waals surface area (Å²) in [4.78, 5) is 10.1. The highest BCUT2D eigenvalue weighted by Gasteiger charge is 2.18. The van der Waals surface area contributed by atoms with Crippen LogP contribution in [0.5, 0.6) is 0 Å². The van der Waals surface area contributed by atoms with E-state index in [0.717, 1.165) is 23.3 Å². The summed E-state index contributed by atoms with van der Waals surface area (Å²) >= 11 is 1.13. The smallest absolute Gasteiger partial charge is 0.324 e. The summed E-state index contributed by atoms with van der Waals surface area (Å²) in [6.07, 6.45) is 0.977. The Labute approximate surface area is 99.0 Å². The molecule has 0 aliphatic carbocycles. The van der Waals surface area contributed by atoms with Crippen molar-refractivity contribution in [2.75, 3.05) is 0 Å². The van der Waals surface area contributed by atoms with Crippen molar-refractivity contribution in [1.82, 2.24) is 0 Å². The van der Waals surface area contributed by atoms with E-state index in [0.29, 0.717) is 5.92 Å². The quantitative estimate of drug-likeness (QED) is 0.659. The van der Waals surface area contributed by atoms with Gasteiger partial charge in [-0.25, -0.2) is 0 Å². The number of thiophene rings is 1. The fourth-order valence-electron chi connectivity index (χ4n) is 1.19. The molecule has 1 aromatic rings. The lowest BCUT2D eigenvalue weighted by Gasteiger charge is -2.16. The minimum Gasteiger partial charge on any atom is -0.324 e. The third-order valence-electron chi connectivity index (χ3n) is 2.43. The van der Waals surface area contributed by atoms with Crippen molar-refractivity contribution in [1.29, 1.82) is 0 Å². The van der Waals surface area contributed by atoms with Crippen LogP contribution in [0.3, 0.4) is 0 Å². The molecule has 2 N–H and O–H groups in total. The molecule has 2 atom stereocenters. The predicted octanol–water partition coefficient (Wildman–Crippen LogP) is 3.12. The van der Waals surface area contributed by atoms with E-state index >= 15 is 0 Å². The Morgan fingerprint density at radius 1 is 1.67 bits per heavy atom. The molecule has 0 bridgehead atoms. The van der Waals surface area contributed by atoms with Crippen molar-refractivity contribution >= 4 is 28.7 Å². The average molecular weight is 251 g/mol. The lowest BCUT2D eigenvalue weighted by molar-refractivity contribution is -0.380. The van der Waals surface area contributed by atoms with Gasteiger partial charge in [0.1, 0.15) is 0 Å². The van der Waals surface area contributed by atoms with Crippen molar-refractivity contribution in [3.05, 3.63) is 27.1 Å². The van der Waals surface area contributed by atoms with Crippen molar-refractivity contribution in [3.63, 3.8) is 0 Å². The van der Waals surface area contributed by atoms with Gasteiger partial charge in [-0.1, -0.05) is 31.6 Å². The van der Waals surface area contributed by atoms with Crippen LogP contribution in [0.4, 0.5) is 5.00 Å². The van der Waals surface area contributed by atoms with Gasteiger partial charge in [0.15, 0.2) is 0 Å². The van der Waals surface area contributed by atoms with Crippen LogP contribution < -0.4 is 5.73 Å². The molecule has 0 saturated heterocycles. The lowest BCUT2D eigenvalue weighted by atomic mass is 9.95. The van der Waals surface area contributed by atoms with Gasteiger partial charge in [-0.2, -0.15) is 0 Å². The van der Waals surface area contributed by atoms with Crippen LogP contribution in [0.2, 0.25) is 0 Å². The number of nitrogens with zero attached hydrogens (tertiary/aromatic N) is 1. The molecule has 0 amide bonds. The second-order valence-corrected chi connectivity index (χ2v) is 4.28. The zero-order chi connectivity index (χ0) is 10.7. The van der Waals surface area contributed by atoms with Crippen molar-refractivity contribution < 1.29 is 4.92 Å². The number of nitro groups is 1. The first-order chi connectivity index (χ1) is 6.56. The molecule has 0 aliphatic heterocycles. The Morgan fingerprint density at radius 3 is 2.67 bits per heavy atom. The van der Waals surface area contributed by atoms with E-state index in [1.807, 2.05) is 6.92 Å². The molecule has 4 nitrogen and oxygen atoms in total. The molecule has 0 radical (unpaired) electrons. The zero-order valence-corrected chi connectivity index (χ0v) is 10.3. The molecule has 0 saturated carbocycles. The minimum absolute atomic E-state index is 0. The van der Waals surface area contributed by atoms with Gasteiger partial charge >= 0.3 is 5.00 Å². The number of halogens is 1. The van der Waals surface area contributed by atoms with Gasteiger partial charge in [0, 0.05) is 17.5 Å². The second-order valence-electron chi connectivity index (χ2n) is 3.39. The molecule has 0 spiro atoms. The third-order valence-corrected chi connectivity index (χ3v) is 3.33. The monoisotopic (exact) mass is 250 g/mol. The number of rotatable bonds is 4. The fraction of sp³-hybridized carbons (Fsp3) is 0.556. The van der Waals surface area contributed by atoms with Crippen LogP contribution in [-0.4, -0.2) is 4.92 Å². The van der Waals surface area contributed by atoms with E-state index in [2.05, 4.69) is 6.92 Å². The zero-order valence-electron chi connectivity index (χ0n) is 8.67. The highest BCUT2D eigenvalue weighted by atomic mass is 35.5. The summed E-state index contributed by atoms with van der Waals surface area (Å²) in [5, 5.41) is 12.4. The maximum absolute atomic E-state index is 10.5. The van der Waals surface area contributed by atoms with Crippen molar-refractivity contribution in [2.24, 2.45) is 11.7 Å². The Morgan fingerprint density at radius 2 is 2.27 bits per heavy atom. The first-order valence-corrected chi connectivity index (χ1v) is 5.42. The largest absolute Gasteiger partial charge is 0.324 e. The first-order valence-electron chi connectivity index (χ1n) is 4.54. The standard InChI is InChI=1S/C9H14N2O2S.ClH/c1-3-6(2)9(10)7-4-8(11(12)13)14-5-7;/h4-6,9H,3,10H2,1-2H3;1H/t6?,9-;/m0./s1. The molecule has 1 rings (SSSR count). The Hall–Kier alpha value is -0.650. The SMILES string of the molecule is CCC(C)[C@H](N)c1csc([N+](=O)[O-])c1.Cl. The minimum atomic E-state index is -0.377. The molecular weight excluding hydrogens is 236 g/mol. The molecular formula is C9H15ClN2O2S. The van der Waals surface area contributed by atoms with E-state index in [9.17, 15) is 10.1 Å². The van der Waals surface area contributed by atoms with Gasteiger partial charge in [0.2, 0.25) is 0 Å². The Kier molecular flexibility index (Phi) is 5.79. The van der Waals surface area contributed by atoms with Crippen molar-refractivity contribution in [2.45, 2.75) is 26.3 Å². The van der Waals surface area contributed by atoms with Crippen LogP contribution in [0.15, 0.2) is 11.4 Å². The van der Waals surface area contributed by atoms with E-state index in [1.165, 1.54) is 0 Å². The summed E-state index contributed by atoms with van der Waals surface area (Å²) in [5.74, 6) is 0.351. The molecule has 0 fully saturated rings. The summed E-state index contributed by atoms with van der Waals surface area (Å²) in [5.41, 5.74) is 6.82. The maximum atomic E-state index is 10.5. The predicted molar refractivity (Wildman–Crippen MR) is 64.6 cm³/mol.